The molecule has 1 aliphatic rings. The van der Waals surface area contributed by atoms with Gasteiger partial charge in [0.25, 0.3) is 0 Å². The first kappa shape index (κ1) is 11.4. The maximum Gasteiger partial charge on any atom is 0.137 e. The lowest BCUT2D eigenvalue weighted by Gasteiger charge is -2.11. The normalized spacial score (nSPS) is 16.6. The summed E-state index contributed by atoms with van der Waals surface area (Å²) >= 11 is 0. The molecule has 1 N–H and O–H groups in total. The molecule has 92 valence electrons. The van der Waals surface area contributed by atoms with Crippen LogP contribution in [0.25, 0.3) is 11.3 Å². The number of hydrogen-bond donors (Lipinski definition) is 1. The summed E-state index contributed by atoms with van der Waals surface area (Å²) in [5, 5.41) is 9.44. The quantitative estimate of drug-likeness (QED) is 0.896. The molecular formula is C15H16N2O. The first-order valence-corrected chi connectivity index (χ1v) is 6.25. The Hall–Kier alpha value is -1.74. The highest BCUT2D eigenvalue weighted by atomic mass is 16.3. The molecular weight excluding hydrogens is 224 g/mol. The highest BCUT2D eigenvalue weighted by molar-refractivity contribution is 5.59. The Kier molecular flexibility index (Phi) is 2.63. The zero-order valence-electron chi connectivity index (χ0n) is 10.4. The number of aliphatic hydroxyl groups excluding tert-OH is 1. The average Bonchev–Trinajstić information content (AvgIpc) is 3.20. The molecule has 3 heteroatoms. The molecule has 1 aromatic carbocycles. The van der Waals surface area contributed by atoms with Crippen LogP contribution in [0.4, 0.5) is 0 Å². The van der Waals surface area contributed by atoms with Crippen LogP contribution >= 0.6 is 0 Å². The second kappa shape index (κ2) is 4.18. The van der Waals surface area contributed by atoms with E-state index >= 15 is 0 Å². The van der Waals surface area contributed by atoms with Gasteiger partial charge in [-0.1, -0.05) is 23.8 Å². The zero-order valence-corrected chi connectivity index (χ0v) is 10.4. The number of hydrogen-bond acceptors (Lipinski definition) is 3. The van der Waals surface area contributed by atoms with Gasteiger partial charge in [0.1, 0.15) is 5.82 Å². The third-order valence-electron chi connectivity index (χ3n) is 3.60. The first-order valence-electron chi connectivity index (χ1n) is 6.25. The minimum Gasteiger partial charge on any atom is -0.395 e. The van der Waals surface area contributed by atoms with Crippen LogP contribution in [-0.2, 0) is 5.41 Å². The van der Waals surface area contributed by atoms with Crippen molar-refractivity contribution >= 4 is 0 Å². The second-order valence-electron chi connectivity index (χ2n) is 5.07. The summed E-state index contributed by atoms with van der Waals surface area (Å²) in [6, 6.07) is 10.2. The molecule has 0 saturated heterocycles. The molecule has 0 spiro atoms. The summed E-state index contributed by atoms with van der Waals surface area (Å²) in [7, 11) is 0. The lowest BCUT2D eigenvalue weighted by Crippen LogP contribution is -2.16. The Morgan fingerprint density at radius 2 is 2.11 bits per heavy atom. The van der Waals surface area contributed by atoms with Crippen LogP contribution in [0.5, 0.6) is 0 Å². The van der Waals surface area contributed by atoms with Gasteiger partial charge in [-0.3, -0.25) is 0 Å². The third-order valence-corrected chi connectivity index (χ3v) is 3.60. The van der Waals surface area contributed by atoms with Gasteiger partial charge < -0.3 is 5.11 Å². The van der Waals surface area contributed by atoms with Crippen LogP contribution in [0.3, 0.4) is 0 Å². The van der Waals surface area contributed by atoms with Gasteiger partial charge >= 0.3 is 0 Å². The number of nitrogens with zero attached hydrogens (tertiary/aromatic N) is 2. The maximum atomic E-state index is 9.44. The summed E-state index contributed by atoms with van der Waals surface area (Å²) in [6.07, 6.45) is 3.76. The van der Waals surface area contributed by atoms with Crippen molar-refractivity contribution in [2.24, 2.45) is 0 Å². The Morgan fingerprint density at radius 1 is 1.28 bits per heavy atom. The number of aromatic nitrogens is 2. The van der Waals surface area contributed by atoms with Crippen molar-refractivity contribution in [3.8, 4) is 11.3 Å². The molecule has 1 aliphatic carbocycles. The van der Waals surface area contributed by atoms with Gasteiger partial charge in [0, 0.05) is 11.8 Å². The van der Waals surface area contributed by atoms with E-state index in [1.54, 1.807) is 6.20 Å². The predicted octanol–water partition coefficient (Wildman–Crippen LogP) is 2.48. The molecule has 0 bridgehead atoms. The molecule has 1 saturated carbocycles. The molecule has 0 radical (unpaired) electrons. The van der Waals surface area contributed by atoms with E-state index in [0.717, 1.165) is 29.9 Å². The second-order valence-corrected chi connectivity index (χ2v) is 5.07. The van der Waals surface area contributed by atoms with Crippen LogP contribution in [-0.4, -0.2) is 21.7 Å². The molecule has 1 fully saturated rings. The molecule has 0 amide bonds. The van der Waals surface area contributed by atoms with E-state index in [-0.39, 0.29) is 12.0 Å². The van der Waals surface area contributed by atoms with Crippen molar-refractivity contribution in [3.05, 3.63) is 47.9 Å². The minimum absolute atomic E-state index is 0.143. The topological polar surface area (TPSA) is 46.0 Å². The van der Waals surface area contributed by atoms with Gasteiger partial charge in [0.05, 0.1) is 17.7 Å². The fraction of sp³-hybridized carbons (Fsp3) is 0.333. The van der Waals surface area contributed by atoms with Crippen LogP contribution in [0.15, 0.2) is 36.5 Å². The van der Waals surface area contributed by atoms with Crippen LogP contribution in [0.1, 0.15) is 24.2 Å². The third kappa shape index (κ3) is 1.91. The average molecular weight is 240 g/mol. The molecule has 18 heavy (non-hydrogen) atoms. The van der Waals surface area contributed by atoms with Gasteiger partial charge in [-0.05, 0) is 31.9 Å². The van der Waals surface area contributed by atoms with E-state index in [9.17, 15) is 5.11 Å². The number of aryl methyl sites for hydroxylation is 1. The van der Waals surface area contributed by atoms with Gasteiger partial charge in [0.15, 0.2) is 0 Å². The van der Waals surface area contributed by atoms with Gasteiger partial charge in [-0.2, -0.15) is 0 Å². The van der Waals surface area contributed by atoms with Crippen molar-refractivity contribution in [1.29, 1.82) is 0 Å². The zero-order chi connectivity index (χ0) is 12.6. The van der Waals surface area contributed by atoms with E-state index in [1.165, 1.54) is 5.56 Å². The molecule has 0 aliphatic heterocycles. The number of rotatable bonds is 3. The van der Waals surface area contributed by atoms with Gasteiger partial charge in [-0.15, -0.1) is 0 Å². The van der Waals surface area contributed by atoms with Crippen molar-refractivity contribution < 1.29 is 5.11 Å². The van der Waals surface area contributed by atoms with Gasteiger partial charge in [0.2, 0.25) is 0 Å². The Bertz CT molecular complexity index is 576. The number of aliphatic hydroxyl groups is 1. The fourth-order valence-electron chi connectivity index (χ4n) is 2.18. The van der Waals surface area contributed by atoms with Crippen molar-refractivity contribution in [3.63, 3.8) is 0 Å². The lowest BCUT2D eigenvalue weighted by molar-refractivity contribution is 0.250. The molecule has 1 aromatic heterocycles. The smallest absolute Gasteiger partial charge is 0.137 e. The van der Waals surface area contributed by atoms with E-state index in [2.05, 4.69) is 35.1 Å². The minimum atomic E-state index is -0.167. The van der Waals surface area contributed by atoms with Crippen LogP contribution in [0, 0.1) is 6.92 Å². The Labute approximate surface area is 107 Å². The van der Waals surface area contributed by atoms with Crippen LogP contribution < -0.4 is 0 Å². The van der Waals surface area contributed by atoms with Crippen molar-refractivity contribution in [2.45, 2.75) is 25.2 Å². The van der Waals surface area contributed by atoms with Crippen molar-refractivity contribution in [1.82, 2.24) is 9.97 Å². The summed E-state index contributed by atoms with van der Waals surface area (Å²) in [6.45, 7) is 2.21. The highest BCUT2D eigenvalue weighted by Gasteiger charge is 2.46. The standard InChI is InChI=1S/C15H16N2O/c1-11-3-2-4-12(9-11)13-5-8-16-14(17-13)15(10-18)6-7-15/h2-5,8-9,18H,6-7,10H2,1H3. The van der Waals surface area contributed by atoms with E-state index in [1.807, 2.05) is 12.1 Å². The SMILES string of the molecule is Cc1cccc(-c2ccnc(C3(CO)CC3)n2)c1. The molecule has 0 unspecified atom stereocenters. The van der Waals surface area contributed by atoms with Crippen LogP contribution in [0.2, 0.25) is 0 Å². The summed E-state index contributed by atoms with van der Waals surface area (Å²) in [5.74, 6) is 0.781. The summed E-state index contributed by atoms with van der Waals surface area (Å²) in [4.78, 5) is 8.94. The largest absolute Gasteiger partial charge is 0.395 e. The van der Waals surface area contributed by atoms with Crippen molar-refractivity contribution in [2.75, 3.05) is 6.61 Å². The van der Waals surface area contributed by atoms with E-state index < -0.39 is 0 Å². The molecule has 0 atom stereocenters. The first-order chi connectivity index (χ1) is 8.73. The molecule has 3 rings (SSSR count). The predicted molar refractivity (Wildman–Crippen MR) is 70.2 cm³/mol. The maximum absolute atomic E-state index is 9.44. The Morgan fingerprint density at radius 3 is 2.78 bits per heavy atom. The Balaban J connectivity index is 2.01. The van der Waals surface area contributed by atoms with E-state index in [0.29, 0.717) is 0 Å². The molecule has 3 nitrogen and oxygen atoms in total. The fourth-order valence-corrected chi connectivity index (χ4v) is 2.18. The number of benzene rings is 1. The molecule has 2 aromatic rings. The molecule has 1 heterocycles. The van der Waals surface area contributed by atoms with E-state index in [4.69, 9.17) is 0 Å². The summed E-state index contributed by atoms with van der Waals surface area (Å²) in [5.41, 5.74) is 3.09. The van der Waals surface area contributed by atoms with Gasteiger partial charge in [-0.25, -0.2) is 9.97 Å². The summed E-state index contributed by atoms with van der Waals surface area (Å²) < 4.78 is 0. The monoisotopic (exact) mass is 240 g/mol. The highest BCUT2D eigenvalue weighted by Crippen LogP contribution is 2.46. The lowest BCUT2D eigenvalue weighted by atomic mass is 10.1.